The predicted octanol–water partition coefficient (Wildman–Crippen LogP) is 4.93. The smallest absolute Gasteiger partial charge is 0.237 e. The lowest BCUT2D eigenvalue weighted by molar-refractivity contribution is -0.115. The van der Waals surface area contributed by atoms with Gasteiger partial charge in [0, 0.05) is 16.1 Å². The van der Waals surface area contributed by atoms with Gasteiger partial charge in [0.05, 0.1) is 5.25 Å². The van der Waals surface area contributed by atoms with E-state index >= 15 is 0 Å². The number of thioether (sulfide) groups is 1. The number of hydrogen-bond acceptors (Lipinski definition) is 3. The fraction of sp³-hybridized carbons (Fsp3) is 0.300. The van der Waals surface area contributed by atoms with Gasteiger partial charge in [-0.1, -0.05) is 29.8 Å². The molecule has 0 aliphatic carbocycles. The number of amides is 1. The quantitative estimate of drug-likeness (QED) is 0.619. The molecular formula is C20H23NO2S. The van der Waals surface area contributed by atoms with Gasteiger partial charge in [-0.2, -0.15) is 0 Å². The van der Waals surface area contributed by atoms with E-state index in [1.165, 1.54) is 23.6 Å². The maximum absolute atomic E-state index is 12.5. The maximum atomic E-state index is 12.5. The summed E-state index contributed by atoms with van der Waals surface area (Å²) < 4.78 is 0. The van der Waals surface area contributed by atoms with Crippen molar-refractivity contribution >= 4 is 29.1 Å². The third-order valence-electron chi connectivity index (χ3n) is 3.81. The van der Waals surface area contributed by atoms with Crippen LogP contribution in [-0.2, 0) is 4.79 Å². The highest BCUT2D eigenvalue weighted by Crippen LogP contribution is 2.31. The Balaban J connectivity index is 2.10. The lowest BCUT2D eigenvalue weighted by Gasteiger charge is -2.16. The summed E-state index contributed by atoms with van der Waals surface area (Å²) in [6.45, 7) is 9.63. The molecule has 4 heteroatoms. The van der Waals surface area contributed by atoms with Crippen LogP contribution in [0.1, 0.15) is 40.9 Å². The summed E-state index contributed by atoms with van der Waals surface area (Å²) in [7, 11) is 0. The zero-order valence-electron chi connectivity index (χ0n) is 14.8. The molecule has 0 radical (unpaired) electrons. The zero-order valence-corrected chi connectivity index (χ0v) is 15.6. The molecule has 2 rings (SSSR count). The van der Waals surface area contributed by atoms with Crippen molar-refractivity contribution in [2.75, 3.05) is 5.32 Å². The van der Waals surface area contributed by atoms with Crippen molar-refractivity contribution in [3.8, 4) is 0 Å². The van der Waals surface area contributed by atoms with Crippen molar-refractivity contribution in [3.05, 3.63) is 58.7 Å². The van der Waals surface area contributed by atoms with E-state index in [-0.39, 0.29) is 16.9 Å². The first-order valence-electron chi connectivity index (χ1n) is 7.94. The molecule has 2 aromatic rings. The van der Waals surface area contributed by atoms with Crippen LogP contribution < -0.4 is 5.32 Å². The minimum absolute atomic E-state index is 0.0144. The van der Waals surface area contributed by atoms with E-state index in [4.69, 9.17) is 0 Å². The molecule has 126 valence electrons. The van der Waals surface area contributed by atoms with Gasteiger partial charge in [0.1, 0.15) is 0 Å². The van der Waals surface area contributed by atoms with Crippen molar-refractivity contribution in [2.24, 2.45) is 0 Å². The van der Waals surface area contributed by atoms with Crippen molar-refractivity contribution in [2.45, 2.75) is 44.8 Å². The van der Waals surface area contributed by atoms with Gasteiger partial charge >= 0.3 is 0 Å². The maximum Gasteiger partial charge on any atom is 0.237 e. The van der Waals surface area contributed by atoms with Crippen LogP contribution in [0.15, 0.2) is 41.3 Å². The standard InChI is InChI=1S/C20H23NO2S/c1-12-9-13(2)19(14(3)10-12)24-16(5)20(23)21-18-8-6-7-17(11-18)15(4)22/h6-11,16H,1-5H3,(H,21,23)/t16-/m0/s1. The summed E-state index contributed by atoms with van der Waals surface area (Å²) in [5.74, 6) is -0.0838. The molecule has 0 unspecified atom stereocenters. The van der Waals surface area contributed by atoms with Gasteiger partial charge in [-0.05, 0) is 57.9 Å². The first kappa shape index (κ1) is 18.3. The summed E-state index contributed by atoms with van der Waals surface area (Å²) in [6.07, 6.45) is 0. The van der Waals surface area contributed by atoms with Crippen LogP contribution in [0.2, 0.25) is 0 Å². The average Bonchev–Trinajstić information content (AvgIpc) is 2.50. The number of anilines is 1. The van der Waals surface area contributed by atoms with Crippen LogP contribution >= 0.6 is 11.8 Å². The van der Waals surface area contributed by atoms with Gasteiger partial charge in [0.15, 0.2) is 5.78 Å². The van der Waals surface area contributed by atoms with E-state index < -0.39 is 0 Å². The zero-order chi connectivity index (χ0) is 17.9. The normalized spacial score (nSPS) is 11.9. The second-order valence-electron chi connectivity index (χ2n) is 6.11. The molecule has 0 aliphatic heterocycles. The van der Waals surface area contributed by atoms with Crippen molar-refractivity contribution in [1.82, 2.24) is 0 Å². The highest BCUT2D eigenvalue weighted by Gasteiger charge is 2.17. The number of nitrogens with one attached hydrogen (secondary N) is 1. The molecular weight excluding hydrogens is 318 g/mol. The summed E-state index contributed by atoms with van der Waals surface area (Å²) in [5.41, 5.74) is 4.86. The van der Waals surface area contributed by atoms with Crippen LogP contribution in [0.25, 0.3) is 0 Å². The molecule has 2 aromatic carbocycles. The Morgan fingerprint density at radius 2 is 1.67 bits per heavy atom. The van der Waals surface area contributed by atoms with Gasteiger partial charge in [-0.15, -0.1) is 11.8 Å². The molecule has 1 atom stereocenters. The summed E-state index contributed by atoms with van der Waals surface area (Å²) in [4.78, 5) is 25.1. The van der Waals surface area contributed by atoms with Crippen LogP contribution in [-0.4, -0.2) is 16.9 Å². The number of hydrogen-bond donors (Lipinski definition) is 1. The Bertz CT molecular complexity index is 760. The summed E-state index contributed by atoms with van der Waals surface area (Å²) >= 11 is 1.56. The molecule has 24 heavy (non-hydrogen) atoms. The van der Waals surface area contributed by atoms with Crippen molar-refractivity contribution in [3.63, 3.8) is 0 Å². The molecule has 0 heterocycles. The largest absolute Gasteiger partial charge is 0.325 e. The Labute approximate surface area is 147 Å². The van der Waals surface area contributed by atoms with E-state index in [0.29, 0.717) is 11.3 Å². The number of carbonyl (C=O) groups excluding carboxylic acids is 2. The Kier molecular flexibility index (Phi) is 5.84. The Morgan fingerprint density at radius 1 is 1.04 bits per heavy atom. The molecule has 0 aliphatic rings. The van der Waals surface area contributed by atoms with Crippen molar-refractivity contribution in [1.29, 1.82) is 0 Å². The lowest BCUT2D eigenvalue weighted by Crippen LogP contribution is -2.22. The molecule has 1 N–H and O–H groups in total. The van der Waals surface area contributed by atoms with Gasteiger partial charge in [0.25, 0.3) is 0 Å². The third-order valence-corrected chi connectivity index (χ3v) is 5.25. The topological polar surface area (TPSA) is 46.2 Å². The molecule has 3 nitrogen and oxygen atoms in total. The minimum atomic E-state index is -0.230. The van der Waals surface area contributed by atoms with E-state index in [1.807, 2.05) is 6.92 Å². The fourth-order valence-corrected chi connectivity index (χ4v) is 3.65. The van der Waals surface area contributed by atoms with E-state index in [1.54, 1.807) is 36.0 Å². The van der Waals surface area contributed by atoms with Gasteiger partial charge in [0.2, 0.25) is 5.91 Å². The number of Topliss-reactive ketones (excluding diaryl/α,β-unsaturated/α-hetero) is 1. The fourth-order valence-electron chi connectivity index (χ4n) is 2.64. The first-order chi connectivity index (χ1) is 11.3. The van der Waals surface area contributed by atoms with Crippen LogP contribution in [0.4, 0.5) is 5.69 Å². The number of aryl methyl sites for hydroxylation is 3. The number of rotatable bonds is 5. The van der Waals surface area contributed by atoms with Crippen LogP contribution in [0.5, 0.6) is 0 Å². The van der Waals surface area contributed by atoms with Crippen LogP contribution in [0, 0.1) is 20.8 Å². The summed E-state index contributed by atoms with van der Waals surface area (Å²) in [5, 5.41) is 2.67. The van der Waals surface area contributed by atoms with Crippen molar-refractivity contribution < 1.29 is 9.59 Å². The SMILES string of the molecule is CC(=O)c1cccc(NC(=O)[C@H](C)Sc2c(C)cc(C)cc2C)c1. The number of benzene rings is 2. The first-order valence-corrected chi connectivity index (χ1v) is 8.82. The highest BCUT2D eigenvalue weighted by atomic mass is 32.2. The highest BCUT2D eigenvalue weighted by molar-refractivity contribution is 8.00. The molecule has 0 bridgehead atoms. The Hall–Kier alpha value is -2.07. The second kappa shape index (κ2) is 7.67. The minimum Gasteiger partial charge on any atom is -0.325 e. The number of ketones is 1. The molecule has 1 amide bonds. The van der Waals surface area contributed by atoms with Gasteiger partial charge in [-0.3, -0.25) is 9.59 Å². The molecule has 0 saturated heterocycles. The lowest BCUT2D eigenvalue weighted by atomic mass is 10.1. The molecule has 0 spiro atoms. The monoisotopic (exact) mass is 341 g/mol. The predicted molar refractivity (Wildman–Crippen MR) is 101 cm³/mol. The molecule has 0 fully saturated rings. The van der Waals surface area contributed by atoms with Crippen LogP contribution in [0.3, 0.4) is 0 Å². The Morgan fingerprint density at radius 3 is 2.25 bits per heavy atom. The molecule has 0 aromatic heterocycles. The third kappa shape index (κ3) is 4.48. The average molecular weight is 341 g/mol. The van der Waals surface area contributed by atoms with E-state index in [9.17, 15) is 9.59 Å². The van der Waals surface area contributed by atoms with E-state index in [2.05, 4.69) is 38.2 Å². The number of carbonyl (C=O) groups is 2. The summed E-state index contributed by atoms with van der Waals surface area (Å²) in [6, 6.07) is 11.3. The van der Waals surface area contributed by atoms with Gasteiger partial charge in [-0.25, -0.2) is 0 Å². The van der Waals surface area contributed by atoms with Gasteiger partial charge < -0.3 is 5.32 Å². The van der Waals surface area contributed by atoms with E-state index in [0.717, 1.165) is 4.90 Å². The second-order valence-corrected chi connectivity index (χ2v) is 7.47. The molecule has 0 saturated carbocycles.